The Morgan fingerprint density at radius 3 is 2.71 bits per heavy atom. The summed E-state index contributed by atoms with van der Waals surface area (Å²) in [5, 5.41) is 3.20. The Morgan fingerprint density at radius 2 is 1.95 bits per heavy atom. The third-order valence-electron chi connectivity index (χ3n) is 2.94. The van der Waals surface area contributed by atoms with Gasteiger partial charge in [-0.15, -0.1) is 11.8 Å². The number of nitrogens with one attached hydrogen (secondary N) is 1. The van der Waals surface area contributed by atoms with Gasteiger partial charge in [0.1, 0.15) is 11.6 Å². The Hall–Kier alpha value is -1.52. The van der Waals surface area contributed by atoms with E-state index in [0.29, 0.717) is 13.2 Å². The highest BCUT2D eigenvalue weighted by atomic mass is 32.2. The molecule has 0 heterocycles. The van der Waals surface area contributed by atoms with E-state index in [0.717, 1.165) is 23.6 Å². The highest BCUT2D eigenvalue weighted by molar-refractivity contribution is 7.99. The maximum atomic E-state index is 13.3. The van der Waals surface area contributed by atoms with Gasteiger partial charge in [-0.1, -0.05) is 25.1 Å². The molecule has 0 spiro atoms. The number of hydrogen-bond acceptors (Lipinski definition) is 3. The van der Waals surface area contributed by atoms with Crippen molar-refractivity contribution in [3.05, 3.63) is 59.9 Å². The van der Waals surface area contributed by atoms with Crippen molar-refractivity contribution < 1.29 is 9.13 Å². The first-order valence-corrected chi connectivity index (χ1v) is 8.08. The van der Waals surface area contributed by atoms with Gasteiger partial charge in [-0.2, -0.15) is 0 Å². The zero-order valence-corrected chi connectivity index (χ0v) is 13.0. The summed E-state index contributed by atoms with van der Waals surface area (Å²) in [6.07, 6.45) is 0. The molecule has 112 valence electrons. The van der Waals surface area contributed by atoms with Gasteiger partial charge in [0.25, 0.3) is 0 Å². The lowest BCUT2D eigenvalue weighted by molar-refractivity contribution is 0.338. The Morgan fingerprint density at radius 1 is 1.14 bits per heavy atom. The second-order valence-corrected chi connectivity index (χ2v) is 5.71. The van der Waals surface area contributed by atoms with E-state index >= 15 is 0 Å². The summed E-state index contributed by atoms with van der Waals surface area (Å²) in [6.45, 7) is 4.09. The molecule has 2 rings (SSSR count). The fourth-order valence-electron chi connectivity index (χ4n) is 1.91. The summed E-state index contributed by atoms with van der Waals surface area (Å²) >= 11 is 1.75. The fourth-order valence-corrected chi connectivity index (χ4v) is 2.67. The molecule has 0 bridgehead atoms. The van der Waals surface area contributed by atoms with Crippen molar-refractivity contribution in [2.75, 3.05) is 18.9 Å². The number of halogens is 1. The van der Waals surface area contributed by atoms with Crippen LogP contribution in [0.3, 0.4) is 0 Å². The van der Waals surface area contributed by atoms with Crippen LogP contribution in [0.15, 0.2) is 53.4 Å². The van der Waals surface area contributed by atoms with Crippen LogP contribution < -0.4 is 10.1 Å². The largest absolute Gasteiger partial charge is 0.492 e. The topological polar surface area (TPSA) is 21.3 Å². The van der Waals surface area contributed by atoms with E-state index in [1.165, 1.54) is 17.0 Å². The summed E-state index contributed by atoms with van der Waals surface area (Å²) < 4.78 is 19.1. The SMILES string of the molecule is CCNCc1cc(F)ccc1OCCSc1ccccc1. The average Bonchev–Trinajstić information content (AvgIpc) is 2.52. The maximum absolute atomic E-state index is 13.3. The molecule has 0 fully saturated rings. The number of hydrogen-bond donors (Lipinski definition) is 1. The normalized spacial score (nSPS) is 10.6. The molecule has 0 radical (unpaired) electrons. The molecule has 2 aromatic rings. The van der Waals surface area contributed by atoms with Crippen LogP contribution in [0.1, 0.15) is 12.5 Å². The molecule has 0 aliphatic carbocycles. The quantitative estimate of drug-likeness (QED) is 0.586. The minimum atomic E-state index is -0.228. The summed E-state index contributed by atoms with van der Waals surface area (Å²) in [4.78, 5) is 1.23. The predicted octanol–water partition coefficient (Wildman–Crippen LogP) is 4.11. The van der Waals surface area contributed by atoms with Gasteiger partial charge in [0.05, 0.1) is 6.61 Å². The molecule has 0 unspecified atom stereocenters. The number of benzene rings is 2. The summed E-state index contributed by atoms with van der Waals surface area (Å²) in [6, 6.07) is 14.9. The van der Waals surface area contributed by atoms with Crippen molar-refractivity contribution in [1.82, 2.24) is 5.32 Å². The van der Waals surface area contributed by atoms with Gasteiger partial charge in [-0.3, -0.25) is 0 Å². The third kappa shape index (κ3) is 5.40. The van der Waals surface area contributed by atoms with Crippen LogP contribution in [-0.2, 0) is 6.54 Å². The van der Waals surface area contributed by atoms with Gasteiger partial charge in [-0.25, -0.2) is 4.39 Å². The van der Waals surface area contributed by atoms with E-state index in [1.54, 1.807) is 17.8 Å². The maximum Gasteiger partial charge on any atom is 0.124 e. The van der Waals surface area contributed by atoms with Gasteiger partial charge in [0.15, 0.2) is 0 Å². The van der Waals surface area contributed by atoms with Crippen molar-refractivity contribution in [1.29, 1.82) is 0 Å². The molecule has 0 aromatic heterocycles. The Bertz CT molecular complexity index is 548. The lowest BCUT2D eigenvalue weighted by atomic mass is 10.2. The second-order valence-electron chi connectivity index (χ2n) is 4.54. The monoisotopic (exact) mass is 305 g/mol. The highest BCUT2D eigenvalue weighted by Crippen LogP contribution is 2.21. The van der Waals surface area contributed by atoms with Crippen molar-refractivity contribution in [3.63, 3.8) is 0 Å². The van der Waals surface area contributed by atoms with Gasteiger partial charge in [0, 0.05) is 22.8 Å². The molecule has 1 N–H and O–H groups in total. The van der Waals surface area contributed by atoms with Gasteiger partial charge < -0.3 is 10.1 Å². The Kier molecular flexibility index (Phi) is 6.57. The number of rotatable bonds is 8. The standard InChI is InChI=1S/C17H20FNOS/c1-2-19-13-14-12-15(18)8-9-17(14)20-10-11-21-16-6-4-3-5-7-16/h3-9,12,19H,2,10-11,13H2,1H3. The van der Waals surface area contributed by atoms with E-state index in [1.807, 2.05) is 25.1 Å². The van der Waals surface area contributed by atoms with Crippen LogP contribution >= 0.6 is 11.8 Å². The zero-order valence-electron chi connectivity index (χ0n) is 12.1. The smallest absolute Gasteiger partial charge is 0.124 e. The van der Waals surface area contributed by atoms with Crippen LogP contribution in [0.4, 0.5) is 4.39 Å². The van der Waals surface area contributed by atoms with Crippen LogP contribution in [0, 0.1) is 5.82 Å². The molecule has 21 heavy (non-hydrogen) atoms. The van der Waals surface area contributed by atoms with E-state index in [2.05, 4.69) is 17.4 Å². The number of thioether (sulfide) groups is 1. The van der Waals surface area contributed by atoms with Crippen molar-refractivity contribution in [2.24, 2.45) is 0 Å². The van der Waals surface area contributed by atoms with E-state index in [9.17, 15) is 4.39 Å². The van der Waals surface area contributed by atoms with Gasteiger partial charge in [0.2, 0.25) is 0 Å². The first-order valence-electron chi connectivity index (χ1n) is 7.09. The molecule has 0 amide bonds. The van der Waals surface area contributed by atoms with Crippen molar-refractivity contribution >= 4 is 11.8 Å². The predicted molar refractivity (Wildman–Crippen MR) is 86.4 cm³/mol. The summed E-state index contributed by atoms with van der Waals surface area (Å²) in [5.74, 6) is 1.39. The van der Waals surface area contributed by atoms with Gasteiger partial charge in [-0.05, 0) is 36.9 Å². The molecular weight excluding hydrogens is 285 g/mol. The van der Waals surface area contributed by atoms with Crippen LogP contribution in [0.5, 0.6) is 5.75 Å². The van der Waals surface area contributed by atoms with Gasteiger partial charge >= 0.3 is 0 Å². The summed E-state index contributed by atoms with van der Waals surface area (Å²) in [7, 11) is 0. The molecular formula is C17H20FNOS. The average molecular weight is 305 g/mol. The van der Waals surface area contributed by atoms with E-state index < -0.39 is 0 Å². The fraction of sp³-hybridized carbons (Fsp3) is 0.294. The van der Waals surface area contributed by atoms with Crippen LogP contribution in [0.2, 0.25) is 0 Å². The molecule has 4 heteroatoms. The number of ether oxygens (including phenoxy) is 1. The highest BCUT2D eigenvalue weighted by Gasteiger charge is 2.05. The minimum Gasteiger partial charge on any atom is -0.492 e. The zero-order chi connectivity index (χ0) is 14.9. The molecule has 2 aromatic carbocycles. The van der Waals surface area contributed by atoms with Crippen molar-refractivity contribution in [2.45, 2.75) is 18.4 Å². The van der Waals surface area contributed by atoms with E-state index in [-0.39, 0.29) is 5.82 Å². The molecule has 0 aliphatic heterocycles. The van der Waals surface area contributed by atoms with E-state index in [4.69, 9.17) is 4.74 Å². The molecule has 0 aliphatic rings. The molecule has 0 atom stereocenters. The van der Waals surface area contributed by atoms with Crippen LogP contribution in [0.25, 0.3) is 0 Å². The minimum absolute atomic E-state index is 0.228. The third-order valence-corrected chi connectivity index (χ3v) is 3.92. The molecule has 2 nitrogen and oxygen atoms in total. The summed E-state index contributed by atoms with van der Waals surface area (Å²) in [5.41, 5.74) is 0.863. The first-order chi connectivity index (χ1) is 10.3. The first kappa shape index (κ1) is 15.9. The molecule has 0 saturated heterocycles. The lowest BCUT2D eigenvalue weighted by Crippen LogP contribution is -2.13. The van der Waals surface area contributed by atoms with Crippen molar-refractivity contribution in [3.8, 4) is 5.75 Å². The lowest BCUT2D eigenvalue weighted by Gasteiger charge is -2.12. The second kappa shape index (κ2) is 8.70. The van der Waals surface area contributed by atoms with Crippen LogP contribution in [-0.4, -0.2) is 18.9 Å². The Balaban J connectivity index is 1.84. The Labute approximate surface area is 129 Å². The molecule has 0 saturated carbocycles.